The van der Waals surface area contributed by atoms with Crippen molar-refractivity contribution in [3.63, 3.8) is 0 Å². The number of benzene rings is 2. The Kier molecular flexibility index (Phi) is 4.13. The summed E-state index contributed by atoms with van der Waals surface area (Å²) in [5.41, 5.74) is 3.59. The molecule has 0 saturated carbocycles. The van der Waals surface area contributed by atoms with Crippen molar-refractivity contribution in [2.75, 3.05) is 12.4 Å². The number of nitrogens with zero attached hydrogens (tertiary/aromatic N) is 2. The topological polar surface area (TPSA) is 99.4 Å². The lowest BCUT2D eigenvalue weighted by Gasteiger charge is -2.36. The van der Waals surface area contributed by atoms with Gasteiger partial charge in [0.1, 0.15) is 23.5 Å². The Bertz CT molecular complexity index is 1030. The largest absolute Gasteiger partial charge is 0.388 e. The van der Waals surface area contributed by atoms with Crippen LogP contribution in [0.15, 0.2) is 36.4 Å². The van der Waals surface area contributed by atoms with Gasteiger partial charge in [-0.05, 0) is 18.6 Å². The van der Waals surface area contributed by atoms with Gasteiger partial charge in [0.05, 0.1) is 17.2 Å². The molecular formula is C20H22N4O3. The standard InChI is InChI=1S/C20H22N4O3/c1-10-22-16-13(24(10)3)9-12(20(27)21-2)14-17(16)23-15(19(26)18(14)25)11-7-5-4-6-8-11/h4-9,15,18-19,23,25-26H,1-3H3,(H,21,27). The molecule has 1 aliphatic heterocycles. The van der Waals surface area contributed by atoms with Crippen molar-refractivity contribution >= 4 is 22.6 Å². The number of aliphatic hydroxyl groups excluding tert-OH is 2. The molecule has 7 heteroatoms. The predicted molar refractivity (Wildman–Crippen MR) is 103 cm³/mol. The number of anilines is 1. The summed E-state index contributed by atoms with van der Waals surface area (Å²) in [6, 6.07) is 10.6. The molecule has 0 radical (unpaired) electrons. The van der Waals surface area contributed by atoms with E-state index in [9.17, 15) is 15.0 Å². The summed E-state index contributed by atoms with van der Waals surface area (Å²) in [6.45, 7) is 1.88. The number of carbonyl (C=O) groups is 1. The molecule has 2 heterocycles. The number of hydrogen-bond acceptors (Lipinski definition) is 5. The number of aryl methyl sites for hydroxylation is 2. The van der Waals surface area contributed by atoms with E-state index in [-0.39, 0.29) is 5.91 Å². The molecule has 1 aliphatic rings. The van der Waals surface area contributed by atoms with Crippen molar-refractivity contribution in [3.8, 4) is 0 Å². The van der Waals surface area contributed by atoms with Gasteiger partial charge in [0.25, 0.3) is 5.91 Å². The molecule has 0 saturated heterocycles. The second kappa shape index (κ2) is 6.37. The third-order valence-corrected chi connectivity index (χ3v) is 5.33. The molecule has 2 aromatic carbocycles. The molecule has 0 fully saturated rings. The second-order valence-corrected chi connectivity index (χ2v) is 6.85. The number of aliphatic hydroxyl groups is 2. The summed E-state index contributed by atoms with van der Waals surface area (Å²) in [4.78, 5) is 17.1. The predicted octanol–water partition coefficient (Wildman–Crippen LogP) is 1.80. The van der Waals surface area contributed by atoms with E-state index in [1.807, 2.05) is 48.9 Å². The number of imidazole rings is 1. The Morgan fingerprint density at radius 2 is 1.96 bits per heavy atom. The van der Waals surface area contributed by atoms with E-state index >= 15 is 0 Å². The van der Waals surface area contributed by atoms with Crippen LogP contribution in [0, 0.1) is 6.92 Å². The van der Waals surface area contributed by atoms with Crippen molar-refractivity contribution in [3.05, 3.63) is 58.9 Å². The maximum Gasteiger partial charge on any atom is 0.251 e. The van der Waals surface area contributed by atoms with Gasteiger partial charge in [0, 0.05) is 25.2 Å². The van der Waals surface area contributed by atoms with Crippen LogP contribution in [-0.2, 0) is 7.05 Å². The van der Waals surface area contributed by atoms with E-state index in [1.54, 1.807) is 13.1 Å². The lowest BCUT2D eigenvalue weighted by Crippen LogP contribution is -2.38. The van der Waals surface area contributed by atoms with Crippen LogP contribution in [0.3, 0.4) is 0 Å². The van der Waals surface area contributed by atoms with Gasteiger partial charge in [0.15, 0.2) is 0 Å². The molecule has 0 aliphatic carbocycles. The molecule has 3 aromatic rings. The smallest absolute Gasteiger partial charge is 0.251 e. The van der Waals surface area contributed by atoms with Gasteiger partial charge in [-0.25, -0.2) is 4.98 Å². The molecule has 7 nitrogen and oxygen atoms in total. The van der Waals surface area contributed by atoms with Crippen molar-refractivity contribution in [1.29, 1.82) is 0 Å². The highest BCUT2D eigenvalue weighted by Gasteiger charge is 2.39. The Labute approximate surface area is 156 Å². The number of hydrogen-bond donors (Lipinski definition) is 4. The molecule has 1 amide bonds. The van der Waals surface area contributed by atoms with E-state index < -0.39 is 18.2 Å². The number of fused-ring (bicyclic) bond motifs is 3. The van der Waals surface area contributed by atoms with Crippen LogP contribution in [0.2, 0.25) is 0 Å². The van der Waals surface area contributed by atoms with Gasteiger partial charge in [-0.3, -0.25) is 4.79 Å². The summed E-state index contributed by atoms with van der Waals surface area (Å²) in [7, 11) is 3.42. The van der Waals surface area contributed by atoms with Crippen LogP contribution in [0.1, 0.15) is 39.5 Å². The highest BCUT2D eigenvalue weighted by molar-refractivity contribution is 6.04. The van der Waals surface area contributed by atoms with Gasteiger partial charge in [-0.2, -0.15) is 0 Å². The fraction of sp³-hybridized carbons (Fsp3) is 0.300. The van der Waals surface area contributed by atoms with E-state index in [0.29, 0.717) is 22.3 Å². The molecule has 27 heavy (non-hydrogen) atoms. The zero-order valence-corrected chi connectivity index (χ0v) is 15.4. The molecule has 4 N–H and O–H groups in total. The third-order valence-electron chi connectivity index (χ3n) is 5.33. The van der Waals surface area contributed by atoms with Crippen molar-refractivity contribution in [2.45, 2.75) is 25.2 Å². The fourth-order valence-corrected chi connectivity index (χ4v) is 3.76. The monoisotopic (exact) mass is 366 g/mol. The van der Waals surface area contributed by atoms with E-state index in [4.69, 9.17) is 0 Å². The minimum atomic E-state index is -1.22. The summed E-state index contributed by atoms with van der Waals surface area (Å²) >= 11 is 0. The van der Waals surface area contributed by atoms with Crippen LogP contribution >= 0.6 is 0 Å². The average Bonchev–Trinajstić information content (AvgIpc) is 2.98. The van der Waals surface area contributed by atoms with Crippen LogP contribution in [0.25, 0.3) is 11.0 Å². The molecule has 0 bridgehead atoms. The van der Waals surface area contributed by atoms with Gasteiger partial charge in [0.2, 0.25) is 0 Å². The molecule has 3 unspecified atom stereocenters. The molecule has 0 spiro atoms. The lowest BCUT2D eigenvalue weighted by atomic mass is 9.85. The van der Waals surface area contributed by atoms with Crippen molar-refractivity contribution < 1.29 is 15.0 Å². The van der Waals surface area contributed by atoms with Gasteiger partial charge in [-0.1, -0.05) is 30.3 Å². The quantitative estimate of drug-likeness (QED) is 0.554. The van der Waals surface area contributed by atoms with Crippen molar-refractivity contribution in [2.24, 2.45) is 7.05 Å². The fourth-order valence-electron chi connectivity index (χ4n) is 3.76. The normalized spacial score (nSPS) is 21.6. The van der Waals surface area contributed by atoms with Gasteiger partial charge in [-0.15, -0.1) is 0 Å². The molecule has 3 atom stereocenters. The Balaban J connectivity index is 1.99. The first-order chi connectivity index (χ1) is 12.9. The molecule has 140 valence electrons. The highest BCUT2D eigenvalue weighted by atomic mass is 16.3. The van der Waals surface area contributed by atoms with Gasteiger partial charge >= 0.3 is 0 Å². The Hall–Kier alpha value is -2.90. The summed E-state index contributed by atoms with van der Waals surface area (Å²) in [5, 5.41) is 27.6. The molecular weight excluding hydrogens is 344 g/mol. The van der Waals surface area contributed by atoms with E-state index in [2.05, 4.69) is 15.6 Å². The van der Waals surface area contributed by atoms with Crippen LogP contribution in [0.5, 0.6) is 0 Å². The second-order valence-electron chi connectivity index (χ2n) is 6.85. The summed E-state index contributed by atoms with van der Waals surface area (Å²) in [6.07, 6.45) is -2.32. The number of rotatable bonds is 2. The number of amides is 1. The Morgan fingerprint density at radius 3 is 2.63 bits per heavy atom. The first-order valence-corrected chi connectivity index (χ1v) is 8.83. The minimum Gasteiger partial charge on any atom is -0.388 e. The lowest BCUT2D eigenvalue weighted by molar-refractivity contribution is 0.00162. The Morgan fingerprint density at radius 1 is 1.26 bits per heavy atom. The van der Waals surface area contributed by atoms with Gasteiger partial charge < -0.3 is 25.4 Å². The first kappa shape index (κ1) is 17.5. The van der Waals surface area contributed by atoms with Crippen LogP contribution in [-0.4, -0.2) is 38.8 Å². The maximum atomic E-state index is 12.5. The summed E-state index contributed by atoms with van der Waals surface area (Å²) in [5.74, 6) is 0.471. The zero-order chi connectivity index (χ0) is 19.3. The maximum absolute atomic E-state index is 12.5. The van der Waals surface area contributed by atoms with Crippen molar-refractivity contribution in [1.82, 2.24) is 14.9 Å². The van der Waals surface area contributed by atoms with E-state index in [1.165, 1.54) is 0 Å². The van der Waals surface area contributed by atoms with E-state index in [0.717, 1.165) is 16.9 Å². The SMILES string of the molecule is CNC(=O)c1cc2c(nc(C)n2C)c2c1C(O)C(O)C(c1ccccc1)N2. The zero-order valence-electron chi connectivity index (χ0n) is 15.4. The summed E-state index contributed by atoms with van der Waals surface area (Å²) < 4.78 is 1.90. The highest BCUT2D eigenvalue weighted by Crippen LogP contribution is 2.44. The minimum absolute atomic E-state index is 0.321. The molecule has 4 rings (SSSR count). The first-order valence-electron chi connectivity index (χ1n) is 8.83. The average molecular weight is 366 g/mol. The van der Waals surface area contributed by atoms with Crippen LogP contribution in [0.4, 0.5) is 5.69 Å². The number of aromatic nitrogens is 2. The van der Waals surface area contributed by atoms with Crippen LogP contribution < -0.4 is 10.6 Å². The third kappa shape index (κ3) is 2.58. The molecule has 1 aromatic heterocycles. The number of nitrogens with one attached hydrogen (secondary N) is 2. The number of carbonyl (C=O) groups excluding carboxylic acids is 1.